The average Bonchev–Trinajstić information content (AvgIpc) is 2.69. The van der Waals surface area contributed by atoms with Gasteiger partial charge in [0.25, 0.3) is 0 Å². The zero-order chi connectivity index (χ0) is 17.6. The van der Waals surface area contributed by atoms with Gasteiger partial charge < -0.3 is 20.3 Å². The highest BCUT2D eigenvalue weighted by Crippen LogP contribution is 2.18. The predicted molar refractivity (Wildman–Crippen MR) is 94.1 cm³/mol. The molecule has 8 nitrogen and oxygen atoms in total. The SMILES string of the molecule is NCC(=O)N1CCC(N2CCN(CC(=O)N3CCOCC3)CC2)CC1. The van der Waals surface area contributed by atoms with Gasteiger partial charge in [-0.3, -0.25) is 19.4 Å². The third kappa shape index (κ3) is 4.91. The molecule has 3 saturated heterocycles. The Labute approximate surface area is 149 Å². The number of carbonyl (C=O) groups excluding carboxylic acids is 2. The summed E-state index contributed by atoms with van der Waals surface area (Å²) in [4.78, 5) is 32.6. The Morgan fingerprint density at radius 1 is 0.840 bits per heavy atom. The number of nitrogens with two attached hydrogens (primary N) is 1. The van der Waals surface area contributed by atoms with E-state index in [-0.39, 0.29) is 18.4 Å². The van der Waals surface area contributed by atoms with Crippen molar-refractivity contribution in [2.24, 2.45) is 5.73 Å². The molecule has 3 fully saturated rings. The highest BCUT2D eigenvalue weighted by atomic mass is 16.5. The van der Waals surface area contributed by atoms with Gasteiger partial charge in [0.15, 0.2) is 0 Å². The van der Waals surface area contributed by atoms with Crippen LogP contribution >= 0.6 is 0 Å². The standard InChI is InChI=1S/C17H31N5O3/c18-13-16(23)21-3-1-15(2-4-21)20-7-5-19(6-8-20)14-17(24)22-9-11-25-12-10-22/h15H,1-14,18H2. The van der Waals surface area contributed by atoms with E-state index in [2.05, 4.69) is 9.80 Å². The molecule has 0 spiro atoms. The van der Waals surface area contributed by atoms with Crippen molar-refractivity contribution in [3.05, 3.63) is 0 Å². The normalized spacial score (nSPS) is 24.5. The second kappa shape index (κ2) is 8.93. The first-order valence-electron chi connectivity index (χ1n) is 9.47. The van der Waals surface area contributed by atoms with Crippen LogP contribution in [-0.4, -0.2) is 116 Å². The van der Waals surface area contributed by atoms with Crippen molar-refractivity contribution in [1.82, 2.24) is 19.6 Å². The van der Waals surface area contributed by atoms with Crippen LogP contribution < -0.4 is 5.73 Å². The van der Waals surface area contributed by atoms with E-state index in [1.54, 1.807) is 0 Å². The Morgan fingerprint density at radius 3 is 2.04 bits per heavy atom. The molecule has 0 unspecified atom stereocenters. The minimum atomic E-state index is 0.0601. The number of rotatable bonds is 4. The molecule has 2 amide bonds. The smallest absolute Gasteiger partial charge is 0.236 e. The van der Waals surface area contributed by atoms with Gasteiger partial charge in [0.1, 0.15) is 0 Å². The topological polar surface area (TPSA) is 82.4 Å². The molecule has 0 aromatic carbocycles. The molecule has 142 valence electrons. The molecule has 0 aromatic rings. The molecule has 8 heteroatoms. The molecule has 0 radical (unpaired) electrons. The van der Waals surface area contributed by atoms with Gasteiger partial charge in [-0.2, -0.15) is 0 Å². The summed E-state index contributed by atoms with van der Waals surface area (Å²) in [6.45, 7) is 8.92. The van der Waals surface area contributed by atoms with Gasteiger partial charge >= 0.3 is 0 Å². The Morgan fingerprint density at radius 2 is 1.44 bits per heavy atom. The van der Waals surface area contributed by atoms with E-state index >= 15 is 0 Å². The van der Waals surface area contributed by atoms with Gasteiger partial charge in [-0.1, -0.05) is 0 Å². The molecule has 0 aliphatic carbocycles. The number of piperidine rings is 1. The van der Waals surface area contributed by atoms with Crippen LogP contribution in [0.2, 0.25) is 0 Å². The van der Waals surface area contributed by atoms with Crippen molar-refractivity contribution < 1.29 is 14.3 Å². The second-order valence-corrected chi connectivity index (χ2v) is 7.12. The van der Waals surface area contributed by atoms with E-state index in [1.165, 1.54) is 0 Å². The van der Waals surface area contributed by atoms with Gasteiger partial charge in [-0.25, -0.2) is 0 Å². The second-order valence-electron chi connectivity index (χ2n) is 7.12. The third-order valence-electron chi connectivity index (χ3n) is 5.64. The molecule has 0 aromatic heterocycles. The molecule has 0 atom stereocenters. The summed E-state index contributed by atoms with van der Waals surface area (Å²) in [6, 6.07) is 0.555. The van der Waals surface area contributed by atoms with Crippen molar-refractivity contribution in [2.75, 3.05) is 78.7 Å². The molecular weight excluding hydrogens is 322 g/mol. The highest BCUT2D eigenvalue weighted by molar-refractivity contribution is 5.78. The Bertz CT molecular complexity index is 453. The Balaban J connectivity index is 1.37. The monoisotopic (exact) mass is 353 g/mol. The van der Waals surface area contributed by atoms with Crippen LogP contribution in [-0.2, 0) is 14.3 Å². The number of morpholine rings is 1. The molecule has 0 bridgehead atoms. The first-order chi connectivity index (χ1) is 12.2. The third-order valence-corrected chi connectivity index (χ3v) is 5.64. The minimum absolute atomic E-state index is 0.0601. The van der Waals surface area contributed by atoms with E-state index in [0.717, 1.165) is 65.2 Å². The molecule has 3 aliphatic heterocycles. The van der Waals surface area contributed by atoms with Crippen LogP contribution in [0.3, 0.4) is 0 Å². The number of carbonyl (C=O) groups is 2. The summed E-state index contributed by atoms with van der Waals surface area (Å²) < 4.78 is 5.30. The summed E-state index contributed by atoms with van der Waals surface area (Å²) in [7, 11) is 0. The van der Waals surface area contributed by atoms with Crippen molar-refractivity contribution in [3.8, 4) is 0 Å². The maximum Gasteiger partial charge on any atom is 0.236 e. The number of piperazine rings is 1. The van der Waals surface area contributed by atoms with Crippen LogP contribution in [0.4, 0.5) is 0 Å². The molecule has 3 aliphatic rings. The van der Waals surface area contributed by atoms with Crippen LogP contribution in [0.5, 0.6) is 0 Å². The van der Waals surface area contributed by atoms with Crippen molar-refractivity contribution in [3.63, 3.8) is 0 Å². The molecular formula is C17H31N5O3. The van der Waals surface area contributed by atoms with E-state index in [0.29, 0.717) is 25.8 Å². The summed E-state index contributed by atoms with van der Waals surface area (Å²) in [5.41, 5.74) is 5.44. The van der Waals surface area contributed by atoms with E-state index in [9.17, 15) is 9.59 Å². The summed E-state index contributed by atoms with van der Waals surface area (Å²) >= 11 is 0. The lowest BCUT2D eigenvalue weighted by Crippen LogP contribution is -2.55. The maximum absolute atomic E-state index is 12.3. The molecule has 3 heterocycles. The first kappa shape index (κ1) is 18.6. The average molecular weight is 353 g/mol. The Hall–Kier alpha value is -1.22. The number of ether oxygens (including phenoxy) is 1. The molecule has 0 saturated carbocycles. The van der Waals surface area contributed by atoms with Crippen molar-refractivity contribution in [2.45, 2.75) is 18.9 Å². The first-order valence-corrected chi connectivity index (χ1v) is 9.47. The van der Waals surface area contributed by atoms with Gasteiger partial charge in [0, 0.05) is 58.4 Å². The number of hydrogen-bond acceptors (Lipinski definition) is 6. The number of likely N-dealkylation sites (tertiary alicyclic amines) is 1. The van der Waals surface area contributed by atoms with Crippen molar-refractivity contribution in [1.29, 1.82) is 0 Å². The van der Waals surface area contributed by atoms with E-state index in [1.807, 2.05) is 9.80 Å². The fraction of sp³-hybridized carbons (Fsp3) is 0.882. The minimum Gasteiger partial charge on any atom is -0.378 e. The molecule has 3 rings (SSSR count). The van der Waals surface area contributed by atoms with Gasteiger partial charge in [0.05, 0.1) is 26.3 Å². The summed E-state index contributed by atoms with van der Waals surface area (Å²) in [5.74, 6) is 0.287. The fourth-order valence-electron chi connectivity index (χ4n) is 4.00. The lowest BCUT2D eigenvalue weighted by atomic mass is 10.0. The van der Waals surface area contributed by atoms with Crippen LogP contribution in [0.25, 0.3) is 0 Å². The number of amides is 2. The summed E-state index contributed by atoms with van der Waals surface area (Å²) in [6.07, 6.45) is 2.05. The fourth-order valence-corrected chi connectivity index (χ4v) is 4.00. The van der Waals surface area contributed by atoms with E-state index < -0.39 is 0 Å². The lowest BCUT2D eigenvalue weighted by molar-refractivity contribution is -0.137. The zero-order valence-corrected chi connectivity index (χ0v) is 15.1. The summed E-state index contributed by atoms with van der Waals surface area (Å²) in [5, 5.41) is 0. The van der Waals surface area contributed by atoms with Gasteiger partial charge in [-0.15, -0.1) is 0 Å². The predicted octanol–water partition coefficient (Wildman–Crippen LogP) is -1.59. The Kier molecular flexibility index (Phi) is 6.63. The zero-order valence-electron chi connectivity index (χ0n) is 15.1. The largest absolute Gasteiger partial charge is 0.378 e. The van der Waals surface area contributed by atoms with Crippen LogP contribution in [0.1, 0.15) is 12.8 Å². The van der Waals surface area contributed by atoms with E-state index in [4.69, 9.17) is 10.5 Å². The van der Waals surface area contributed by atoms with Gasteiger partial charge in [0.2, 0.25) is 11.8 Å². The van der Waals surface area contributed by atoms with Crippen LogP contribution in [0, 0.1) is 0 Å². The maximum atomic E-state index is 12.3. The number of nitrogens with zero attached hydrogens (tertiary/aromatic N) is 4. The lowest BCUT2D eigenvalue weighted by Gasteiger charge is -2.43. The van der Waals surface area contributed by atoms with Gasteiger partial charge in [-0.05, 0) is 12.8 Å². The number of hydrogen-bond donors (Lipinski definition) is 1. The quantitative estimate of drug-likeness (QED) is 0.656. The highest BCUT2D eigenvalue weighted by Gasteiger charge is 2.29. The molecule has 2 N–H and O–H groups in total. The van der Waals surface area contributed by atoms with Crippen LogP contribution in [0.15, 0.2) is 0 Å². The van der Waals surface area contributed by atoms with Crippen molar-refractivity contribution >= 4 is 11.8 Å². The molecule has 25 heavy (non-hydrogen) atoms.